The Kier molecular flexibility index (Phi) is 4.22. The van der Waals surface area contributed by atoms with Gasteiger partial charge in [-0.1, -0.05) is 13.3 Å². The van der Waals surface area contributed by atoms with Crippen LogP contribution in [-0.4, -0.2) is 36.0 Å². The summed E-state index contributed by atoms with van der Waals surface area (Å²) >= 11 is 0. The van der Waals surface area contributed by atoms with Crippen molar-refractivity contribution in [2.45, 2.75) is 32.9 Å². The van der Waals surface area contributed by atoms with E-state index in [1.807, 2.05) is 0 Å². The van der Waals surface area contributed by atoms with Crippen molar-refractivity contribution in [3.63, 3.8) is 0 Å². The van der Waals surface area contributed by atoms with Crippen LogP contribution in [0.4, 0.5) is 0 Å². The topological polar surface area (TPSA) is 87.7 Å². The number of nitrogens with zero attached hydrogens (tertiary/aromatic N) is 6. The molecule has 0 N–H and O–H groups in total. The minimum atomic E-state index is -0.432. The molecular weight excluding hydrogens is 248 g/mol. The summed E-state index contributed by atoms with van der Waals surface area (Å²) in [5.74, 6) is 0.115. The first-order valence-electron chi connectivity index (χ1n) is 6.11. The highest BCUT2D eigenvalue weighted by Gasteiger charge is 2.12. The lowest BCUT2D eigenvalue weighted by Crippen LogP contribution is -2.11. The summed E-state index contributed by atoms with van der Waals surface area (Å²) in [5, 5.41) is 15.2. The number of aromatic nitrogens is 6. The van der Waals surface area contributed by atoms with Crippen LogP contribution in [0.2, 0.25) is 0 Å². The predicted octanol–water partition coefficient (Wildman–Crippen LogP) is 0.564. The maximum atomic E-state index is 11.7. The first kappa shape index (κ1) is 13.2. The summed E-state index contributed by atoms with van der Waals surface area (Å²) in [5.41, 5.74) is 0.412. The molecule has 2 aromatic heterocycles. The van der Waals surface area contributed by atoms with Crippen molar-refractivity contribution in [1.29, 1.82) is 0 Å². The standard InChI is InChI=1S/C11H16N6O2/c1-3-4-5-17-10(13-14-15-17)8-19-11(18)9-6-12-16(2)7-9/h6-7H,3-5,8H2,1-2H3. The van der Waals surface area contributed by atoms with Crippen LogP contribution in [0.3, 0.4) is 0 Å². The predicted molar refractivity (Wildman–Crippen MR) is 65.1 cm³/mol. The average Bonchev–Trinajstić information content (AvgIpc) is 3.02. The first-order valence-corrected chi connectivity index (χ1v) is 6.11. The lowest BCUT2D eigenvalue weighted by Gasteiger charge is -2.04. The number of unbranched alkanes of at least 4 members (excludes halogenated alkanes) is 1. The largest absolute Gasteiger partial charge is 0.454 e. The van der Waals surface area contributed by atoms with Gasteiger partial charge < -0.3 is 4.74 Å². The number of aryl methyl sites for hydroxylation is 2. The van der Waals surface area contributed by atoms with E-state index < -0.39 is 5.97 Å². The van der Waals surface area contributed by atoms with Crippen LogP contribution < -0.4 is 0 Å². The fraction of sp³-hybridized carbons (Fsp3) is 0.545. The first-order chi connectivity index (χ1) is 9.20. The Labute approximate surface area is 110 Å². The summed E-state index contributed by atoms with van der Waals surface area (Å²) in [4.78, 5) is 11.7. The van der Waals surface area contributed by atoms with Crippen molar-refractivity contribution in [1.82, 2.24) is 30.0 Å². The second-order valence-corrected chi connectivity index (χ2v) is 4.15. The van der Waals surface area contributed by atoms with Crippen molar-refractivity contribution < 1.29 is 9.53 Å². The third-order valence-corrected chi connectivity index (χ3v) is 2.60. The number of esters is 1. The van der Waals surface area contributed by atoms with E-state index >= 15 is 0 Å². The van der Waals surface area contributed by atoms with Gasteiger partial charge in [-0.05, 0) is 16.8 Å². The number of rotatable bonds is 6. The zero-order valence-corrected chi connectivity index (χ0v) is 11.0. The van der Waals surface area contributed by atoms with E-state index in [2.05, 4.69) is 27.5 Å². The van der Waals surface area contributed by atoms with Gasteiger partial charge in [-0.25, -0.2) is 9.48 Å². The zero-order chi connectivity index (χ0) is 13.7. The van der Waals surface area contributed by atoms with E-state index in [-0.39, 0.29) is 6.61 Å². The van der Waals surface area contributed by atoms with Gasteiger partial charge in [-0.3, -0.25) is 4.68 Å². The van der Waals surface area contributed by atoms with Gasteiger partial charge in [0.15, 0.2) is 12.4 Å². The van der Waals surface area contributed by atoms with E-state index in [0.29, 0.717) is 11.4 Å². The lowest BCUT2D eigenvalue weighted by molar-refractivity contribution is 0.0456. The number of ether oxygens (including phenoxy) is 1. The van der Waals surface area contributed by atoms with Gasteiger partial charge in [0.25, 0.3) is 0 Å². The molecule has 0 aliphatic rings. The molecular formula is C11H16N6O2. The maximum Gasteiger partial charge on any atom is 0.341 e. The summed E-state index contributed by atoms with van der Waals surface area (Å²) in [6, 6.07) is 0. The van der Waals surface area contributed by atoms with Crippen molar-refractivity contribution >= 4 is 5.97 Å². The van der Waals surface area contributed by atoms with Gasteiger partial charge in [0, 0.05) is 19.8 Å². The fourth-order valence-corrected chi connectivity index (χ4v) is 1.55. The molecule has 0 atom stereocenters. The molecule has 0 saturated carbocycles. The molecule has 0 aromatic carbocycles. The van der Waals surface area contributed by atoms with Gasteiger partial charge in [-0.15, -0.1) is 5.10 Å². The van der Waals surface area contributed by atoms with E-state index in [1.165, 1.54) is 6.20 Å². The number of tetrazole rings is 1. The van der Waals surface area contributed by atoms with Crippen molar-refractivity contribution in [3.8, 4) is 0 Å². The van der Waals surface area contributed by atoms with Gasteiger partial charge in [0.2, 0.25) is 0 Å². The van der Waals surface area contributed by atoms with Gasteiger partial charge >= 0.3 is 5.97 Å². The van der Waals surface area contributed by atoms with Gasteiger partial charge in [-0.2, -0.15) is 5.10 Å². The molecule has 2 rings (SSSR count). The van der Waals surface area contributed by atoms with Crippen LogP contribution in [-0.2, 0) is 24.9 Å². The Balaban J connectivity index is 1.91. The quantitative estimate of drug-likeness (QED) is 0.708. The van der Waals surface area contributed by atoms with Crippen LogP contribution in [0.15, 0.2) is 12.4 Å². The molecule has 8 nitrogen and oxygen atoms in total. The maximum absolute atomic E-state index is 11.7. The summed E-state index contributed by atoms with van der Waals surface area (Å²) in [7, 11) is 1.74. The van der Waals surface area contributed by atoms with Crippen LogP contribution >= 0.6 is 0 Å². The molecule has 0 amide bonds. The molecule has 102 valence electrons. The zero-order valence-electron chi connectivity index (χ0n) is 11.0. The molecule has 0 unspecified atom stereocenters. The van der Waals surface area contributed by atoms with Gasteiger partial charge in [0.1, 0.15) is 0 Å². The Morgan fingerprint density at radius 3 is 3.00 bits per heavy atom. The van der Waals surface area contributed by atoms with E-state index in [0.717, 1.165) is 19.4 Å². The molecule has 0 aliphatic carbocycles. The highest BCUT2D eigenvalue weighted by atomic mass is 16.5. The van der Waals surface area contributed by atoms with Crippen molar-refractivity contribution in [3.05, 3.63) is 23.8 Å². The van der Waals surface area contributed by atoms with Crippen LogP contribution in [0, 0.1) is 0 Å². The minimum absolute atomic E-state index is 0.0600. The highest BCUT2D eigenvalue weighted by molar-refractivity contribution is 5.88. The van der Waals surface area contributed by atoms with E-state index in [4.69, 9.17) is 4.74 Å². The van der Waals surface area contributed by atoms with E-state index in [9.17, 15) is 4.79 Å². The minimum Gasteiger partial charge on any atom is -0.454 e. The molecule has 19 heavy (non-hydrogen) atoms. The molecule has 0 bridgehead atoms. The summed E-state index contributed by atoms with van der Waals surface area (Å²) in [6.45, 7) is 2.88. The Bertz CT molecular complexity index is 547. The third-order valence-electron chi connectivity index (χ3n) is 2.60. The van der Waals surface area contributed by atoms with Crippen LogP contribution in [0.5, 0.6) is 0 Å². The number of carbonyl (C=O) groups is 1. The molecule has 0 spiro atoms. The molecule has 0 saturated heterocycles. The lowest BCUT2D eigenvalue weighted by atomic mass is 10.3. The Hall–Kier alpha value is -2.25. The van der Waals surface area contributed by atoms with Crippen LogP contribution in [0.25, 0.3) is 0 Å². The highest BCUT2D eigenvalue weighted by Crippen LogP contribution is 2.04. The second kappa shape index (κ2) is 6.07. The average molecular weight is 264 g/mol. The fourth-order valence-electron chi connectivity index (χ4n) is 1.55. The SMILES string of the molecule is CCCCn1nnnc1COC(=O)c1cnn(C)c1. The molecule has 0 radical (unpaired) electrons. The normalized spacial score (nSPS) is 10.6. The molecule has 0 aliphatic heterocycles. The molecule has 8 heteroatoms. The van der Waals surface area contributed by atoms with Gasteiger partial charge in [0.05, 0.1) is 11.8 Å². The summed E-state index contributed by atoms with van der Waals surface area (Å²) < 4.78 is 8.35. The molecule has 2 aromatic rings. The van der Waals surface area contributed by atoms with E-state index in [1.54, 1.807) is 22.6 Å². The van der Waals surface area contributed by atoms with Crippen molar-refractivity contribution in [2.75, 3.05) is 0 Å². The molecule has 2 heterocycles. The third kappa shape index (κ3) is 3.36. The van der Waals surface area contributed by atoms with Crippen molar-refractivity contribution in [2.24, 2.45) is 7.05 Å². The summed E-state index contributed by atoms with van der Waals surface area (Å²) in [6.07, 6.45) is 5.09. The number of carbonyl (C=O) groups excluding carboxylic acids is 1. The van der Waals surface area contributed by atoms with Crippen LogP contribution in [0.1, 0.15) is 35.9 Å². The number of hydrogen-bond donors (Lipinski definition) is 0. The number of hydrogen-bond acceptors (Lipinski definition) is 6. The Morgan fingerprint density at radius 1 is 1.47 bits per heavy atom. The molecule has 0 fully saturated rings. The Morgan fingerprint density at radius 2 is 2.32 bits per heavy atom. The monoisotopic (exact) mass is 264 g/mol. The smallest absolute Gasteiger partial charge is 0.341 e. The second-order valence-electron chi connectivity index (χ2n) is 4.15.